The number of para-hydroxylation sites is 2. The van der Waals surface area contributed by atoms with Gasteiger partial charge in [0.05, 0.1) is 23.9 Å². The molecule has 0 saturated heterocycles. The van der Waals surface area contributed by atoms with Crippen LogP contribution >= 0.6 is 11.8 Å². The highest BCUT2D eigenvalue weighted by Crippen LogP contribution is 2.24. The van der Waals surface area contributed by atoms with Crippen molar-refractivity contribution in [3.63, 3.8) is 0 Å². The number of benzene rings is 2. The molecule has 1 N–H and O–H groups in total. The number of nitrogens with zero attached hydrogens (tertiary/aromatic N) is 2. The van der Waals surface area contributed by atoms with E-state index < -0.39 is 0 Å². The maximum Gasteiger partial charge on any atom is 0.305 e. The van der Waals surface area contributed by atoms with E-state index in [1.54, 1.807) is 0 Å². The van der Waals surface area contributed by atoms with Gasteiger partial charge in [0.2, 0.25) is 5.91 Å². The van der Waals surface area contributed by atoms with Gasteiger partial charge in [0.15, 0.2) is 5.16 Å². The molecule has 6 nitrogen and oxygen atoms in total. The Bertz CT molecular complexity index is 956. The van der Waals surface area contributed by atoms with E-state index >= 15 is 0 Å². The van der Waals surface area contributed by atoms with Crippen molar-refractivity contribution >= 4 is 34.7 Å². The average molecular weight is 412 g/mol. The Hall–Kier alpha value is -2.80. The van der Waals surface area contributed by atoms with Crippen molar-refractivity contribution in [1.82, 2.24) is 14.9 Å². The summed E-state index contributed by atoms with van der Waals surface area (Å²) in [5.74, 6) is -0.0466. The van der Waals surface area contributed by atoms with Crippen molar-refractivity contribution in [2.24, 2.45) is 0 Å². The summed E-state index contributed by atoms with van der Waals surface area (Å²) in [5, 5.41) is 3.68. The summed E-state index contributed by atoms with van der Waals surface area (Å²) in [6.07, 6.45) is 1.77. The van der Waals surface area contributed by atoms with E-state index in [1.165, 1.54) is 24.4 Å². The van der Waals surface area contributed by atoms with Crippen LogP contribution in [-0.4, -0.2) is 40.8 Å². The molecule has 1 aromatic heterocycles. The molecule has 0 unspecified atom stereocenters. The molecule has 0 atom stereocenters. The predicted octanol–water partition coefficient (Wildman–Crippen LogP) is 3.44. The first kappa shape index (κ1) is 20.9. The third kappa shape index (κ3) is 6.09. The van der Waals surface area contributed by atoms with Crippen LogP contribution in [0.15, 0.2) is 59.8 Å². The smallest absolute Gasteiger partial charge is 0.305 e. The number of thioether (sulfide) groups is 1. The monoisotopic (exact) mass is 411 g/mol. The van der Waals surface area contributed by atoms with Crippen molar-refractivity contribution in [3.05, 3.63) is 60.2 Å². The molecule has 152 valence electrons. The number of amides is 1. The van der Waals surface area contributed by atoms with Crippen LogP contribution in [-0.2, 0) is 27.3 Å². The fourth-order valence-corrected chi connectivity index (χ4v) is 3.88. The van der Waals surface area contributed by atoms with Crippen LogP contribution < -0.4 is 5.32 Å². The molecule has 3 aromatic rings. The molecule has 0 radical (unpaired) electrons. The quantitative estimate of drug-likeness (QED) is 0.314. The molecular weight excluding hydrogens is 386 g/mol. The lowest BCUT2D eigenvalue weighted by atomic mass is 10.1. The van der Waals surface area contributed by atoms with E-state index in [-0.39, 0.29) is 17.6 Å². The minimum absolute atomic E-state index is 0.0680. The van der Waals surface area contributed by atoms with Crippen LogP contribution in [0.1, 0.15) is 18.4 Å². The van der Waals surface area contributed by atoms with Crippen LogP contribution in [0.25, 0.3) is 11.0 Å². The molecule has 0 aliphatic rings. The molecule has 1 heterocycles. The molecule has 0 saturated carbocycles. The lowest BCUT2D eigenvalue weighted by Crippen LogP contribution is -2.26. The normalized spacial score (nSPS) is 10.8. The molecule has 7 heteroatoms. The van der Waals surface area contributed by atoms with Crippen molar-refractivity contribution in [2.75, 3.05) is 19.4 Å². The number of esters is 1. The van der Waals surface area contributed by atoms with Gasteiger partial charge < -0.3 is 14.6 Å². The summed E-state index contributed by atoms with van der Waals surface area (Å²) in [7, 11) is 1.36. The van der Waals surface area contributed by atoms with Crippen LogP contribution in [0, 0.1) is 0 Å². The Morgan fingerprint density at radius 1 is 1.10 bits per heavy atom. The van der Waals surface area contributed by atoms with Crippen LogP contribution in [0.3, 0.4) is 0 Å². The number of imidazole rings is 1. The Balaban J connectivity index is 1.59. The highest BCUT2D eigenvalue weighted by atomic mass is 32.2. The summed E-state index contributed by atoms with van der Waals surface area (Å²) in [6.45, 7) is 1.26. The van der Waals surface area contributed by atoms with Crippen LogP contribution in [0.5, 0.6) is 0 Å². The van der Waals surface area contributed by atoms with E-state index in [9.17, 15) is 9.59 Å². The van der Waals surface area contributed by atoms with Gasteiger partial charge >= 0.3 is 5.97 Å². The van der Waals surface area contributed by atoms with Crippen molar-refractivity contribution in [1.29, 1.82) is 0 Å². The first-order valence-electron chi connectivity index (χ1n) is 9.63. The highest BCUT2D eigenvalue weighted by molar-refractivity contribution is 7.99. The summed E-state index contributed by atoms with van der Waals surface area (Å²) in [5.41, 5.74) is 3.27. The van der Waals surface area contributed by atoms with Gasteiger partial charge in [-0.05, 0) is 30.5 Å². The van der Waals surface area contributed by atoms with E-state index in [0.717, 1.165) is 29.2 Å². The van der Waals surface area contributed by atoms with Gasteiger partial charge in [0.1, 0.15) is 0 Å². The average Bonchev–Trinajstić information content (AvgIpc) is 3.11. The number of ether oxygens (including phenoxy) is 1. The third-order valence-electron chi connectivity index (χ3n) is 4.53. The fraction of sp³-hybridized carbons (Fsp3) is 0.318. The number of aryl methyl sites for hydroxylation is 2. The molecule has 0 aliphatic carbocycles. The Morgan fingerprint density at radius 2 is 1.86 bits per heavy atom. The summed E-state index contributed by atoms with van der Waals surface area (Å²) in [4.78, 5) is 28.0. The second-order valence-corrected chi connectivity index (χ2v) is 7.53. The first-order chi connectivity index (χ1) is 14.2. The van der Waals surface area contributed by atoms with Gasteiger partial charge in [-0.3, -0.25) is 9.59 Å². The zero-order chi connectivity index (χ0) is 20.5. The van der Waals surface area contributed by atoms with Crippen molar-refractivity contribution in [2.45, 2.75) is 31.0 Å². The van der Waals surface area contributed by atoms with Crippen LogP contribution in [0.4, 0.5) is 0 Å². The Kier molecular flexibility index (Phi) is 7.69. The van der Waals surface area contributed by atoms with Gasteiger partial charge in [-0.2, -0.15) is 0 Å². The molecule has 1 amide bonds. The Labute approximate surface area is 174 Å². The number of hydrogen-bond donors (Lipinski definition) is 1. The number of carbonyl (C=O) groups excluding carboxylic acids is 2. The second-order valence-electron chi connectivity index (χ2n) is 6.59. The lowest BCUT2D eigenvalue weighted by Gasteiger charge is -2.09. The van der Waals surface area contributed by atoms with Gasteiger partial charge in [-0.15, -0.1) is 0 Å². The maximum atomic E-state index is 12.2. The Morgan fingerprint density at radius 3 is 2.66 bits per heavy atom. The molecule has 0 bridgehead atoms. The zero-order valence-electron chi connectivity index (χ0n) is 16.5. The zero-order valence-corrected chi connectivity index (χ0v) is 17.3. The molecule has 2 aromatic carbocycles. The van der Waals surface area contributed by atoms with E-state index in [1.807, 2.05) is 36.4 Å². The van der Waals surface area contributed by atoms with E-state index in [2.05, 4.69) is 32.8 Å². The van der Waals surface area contributed by atoms with Gasteiger partial charge in [-0.1, -0.05) is 54.2 Å². The molecular formula is C22H25N3O3S. The van der Waals surface area contributed by atoms with E-state index in [4.69, 9.17) is 4.98 Å². The number of methoxy groups -OCH3 is 1. The molecule has 29 heavy (non-hydrogen) atoms. The van der Waals surface area contributed by atoms with Crippen molar-refractivity contribution in [3.8, 4) is 0 Å². The second kappa shape index (κ2) is 10.7. The first-order valence-corrected chi connectivity index (χ1v) is 10.6. The third-order valence-corrected chi connectivity index (χ3v) is 5.50. The summed E-state index contributed by atoms with van der Waals surface area (Å²) in [6, 6.07) is 18.4. The van der Waals surface area contributed by atoms with Gasteiger partial charge in [0.25, 0.3) is 0 Å². The van der Waals surface area contributed by atoms with Gasteiger partial charge in [-0.25, -0.2) is 4.98 Å². The number of hydrogen-bond acceptors (Lipinski definition) is 5. The number of rotatable bonds is 10. The minimum Gasteiger partial charge on any atom is -0.469 e. The maximum absolute atomic E-state index is 12.2. The summed E-state index contributed by atoms with van der Waals surface area (Å²) >= 11 is 1.43. The highest BCUT2D eigenvalue weighted by Gasteiger charge is 2.13. The van der Waals surface area contributed by atoms with Crippen LogP contribution in [0.2, 0.25) is 0 Å². The predicted molar refractivity (Wildman–Crippen MR) is 115 cm³/mol. The number of fused-ring (bicyclic) bond motifs is 1. The molecule has 3 rings (SSSR count). The fourth-order valence-electron chi connectivity index (χ4n) is 3.01. The molecule has 0 fully saturated rings. The SMILES string of the molecule is COC(=O)CCCNC(=O)CSc1nc2ccccc2n1CCc1ccccc1. The number of carbonyl (C=O) groups is 2. The van der Waals surface area contributed by atoms with Gasteiger partial charge in [0, 0.05) is 19.5 Å². The number of aromatic nitrogens is 2. The molecule has 0 aliphatic heterocycles. The number of nitrogens with one attached hydrogen (secondary N) is 1. The van der Waals surface area contributed by atoms with E-state index in [0.29, 0.717) is 19.4 Å². The summed E-state index contributed by atoms with van der Waals surface area (Å²) < 4.78 is 6.77. The largest absolute Gasteiger partial charge is 0.469 e. The molecule has 0 spiro atoms. The lowest BCUT2D eigenvalue weighted by molar-refractivity contribution is -0.140. The minimum atomic E-state index is -0.263. The standard InChI is InChI=1S/C22H25N3O3S/c1-28-21(27)12-7-14-23-20(26)16-29-22-24-18-10-5-6-11-19(18)25(22)15-13-17-8-3-2-4-9-17/h2-6,8-11H,7,12-16H2,1H3,(H,23,26). The van der Waals surface area contributed by atoms with Crippen molar-refractivity contribution < 1.29 is 14.3 Å². The topological polar surface area (TPSA) is 73.2 Å².